The zero-order valence-corrected chi connectivity index (χ0v) is 17.1. The number of carbonyl (C=O) groups is 2. The number of ketones is 1. The number of allylic oxidation sites excluding steroid dienone is 4. The molecule has 29 heavy (non-hydrogen) atoms. The molecular weight excluding hydrogens is 431 g/mol. The molecular formula is C18H18F3NO5S2. The second kappa shape index (κ2) is 10.3. The molecule has 158 valence electrons. The minimum absolute atomic E-state index is 0.0536. The van der Waals surface area contributed by atoms with Gasteiger partial charge in [-0.3, -0.25) is 14.3 Å². The van der Waals surface area contributed by atoms with Crippen LogP contribution in [-0.4, -0.2) is 31.4 Å². The Bertz CT molecular complexity index is 950. The van der Waals surface area contributed by atoms with E-state index in [0.29, 0.717) is 0 Å². The molecule has 1 rings (SSSR count). The summed E-state index contributed by atoms with van der Waals surface area (Å²) >= 11 is 0.819. The van der Waals surface area contributed by atoms with Gasteiger partial charge in [-0.25, -0.2) is 8.42 Å². The number of Topliss-reactive ketones (excluding diaryl/α,β-unsaturated/α-hetero) is 1. The van der Waals surface area contributed by atoms with Crippen molar-refractivity contribution in [3.05, 3.63) is 60.3 Å². The van der Waals surface area contributed by atoms with E-state index in [0.717, 1.165) is 36.0 Å². The average Bonchev–Trinajstić information content (AvgIpc) is 2.61. The first-order valence-electron chi connectivity index (χ1n) is 7.92. The second-order valence-electron chi connectivity index (χ2n) is 5.43. The van der Waals surface area contributed by atoms with Gasteiger partial charge in [0.15, 0.2) is 10.9 Å². The fourth-order valence-corrected chi connectivity index (χ4v) is 3.45. The largest absolute Gasteiger partial charge is 0.573 e. The van der Waals surface area contributed by atoms with Gasteiger partial charge < -0.3 is 4.74 Å². The molecule has 1 N–H and O–H groups in total. The normalized spacial score (nSPS) is 12.7. The summed E-state index contributed by atoms with van der Waals surface area (Å²) in [5.41, 5.74) is 0.109. The zero-order valence-electron chi connectivity index (χ0n) is 15.4. The lowest BCUT2D eigenvalue weighted by atomic mass is 10.2. The summed E-state index contributed by atoms with van der Waals surface area (Å²) in [6, 6.07) is 3.91. The molecule has 0 bridgehead atoms. The Hall–Kier alpha value is -2.53. The number of carbonyl (C=O) groups excluding carboxylic acids is 2. The van der Waals surface area contributed by atoms with Crippen molar-refractivity contribution in [2.75, 3.05) is 5.75 Å². The fraction of sp³-hybridized carbons (Fsp3) is 0.222. The van der Waals surface area contributed by atoms with E-state index < -0.39 is 32.8 Å². The van der Waals surface area contributed by atoms with Crippen molar-refractivity contribution in [2.45, 2.75) is 25.1 Å². The predicted molar refractivity (Wildman–Crippen MR) is 104 cm³/mol. The SMILES string of the molecule is C=C(/C=C\C(=C/C)NS(=O)(=O)c1cccc(OC(F)(F)F)c1)C(=O)CSC(C)=O. The first-order chi connectivity index (χ1) is 13.3. The third-order valence-corrected chi connectivity index (χ3v) is 5.33. The van der Waals surface area contributed by atoms with Crippen molar-refractivity contribution >= 4 is 32.7 Å². The van der Waals surface area contributed by atoms with Gasteiger partial charge in [-0.1, -0.05) is 30.5 Å². The Kier molecular flexibility index (Phi) is 8.71. The van der Waals surface area contributed by atoms with E-state index in [4.69, 9.17) is 0 Å². The number of nitrogens with one attached hydrogen (secondary N) is 1. The third kappa shape index (κ3) is 9.01. The highest BCUT2D eigenvalue weighted by Crippen LogP contribution is 2.25. The van der Waals surface area contributed by atoms with E-state index in [9.17, 15) is 31.2 Å². The molecule has 6 nitrogen and oxygen atoms in total. The molecule has 0 atom stereocenters. The van der Waals surface area contributed by atoms with E-state index >= 15 is 0 Å². The summed E-state index contributed by atoms with van der Waals surface area (Å²) < 4.78 is 67.7. The molecule has 0 saturated heterocycles. The maximum absolute atomic E-state index is 12.4. The van der Waals surface area contributed by atoms with Crippen LogP contribution in [0, 0.1) is 0 Å². The molecule has 1 aromatic rings. The monoisotopic (exact) mass is 449 g/mol. The van der Waals surface area contributed by atoms with Gasteiger partial charge >= 0.3 is 6.36 Å². The summed E-state index contributed by atoms with van der Waals surface area (Å²) in [5, 5.41) is -0.228. The van der Waals surface area contributed by atoms with Gasteiger partial charge in [0.25, 0.3) is 10.0 Å². The Morgan fingerprint density at radius 2 is 1.93 bits per heavy atom. The van der Waals surface area contributed by atoms with Crippen LogP contribution in [0.2, 0.25) is 0 Å². The highest BCUT2D eigenvalue weighted by molar-refractivity contribution is 8.14. The number of sulfonamides is 1. The van der Waals surface area contributed by atoms with E-state index in [1.807, 2.05) is 0 Å². The van der Waals surface area contributed by atoms with Gasteiger partial charge in [-0.15, -0.1) is 13.2 Å². The van der Waals surface area contributed by atoms with E-state index in [-0.39, 0.29) is 22.1 Å². The quantitative estimate of drug-likeness (QED) is 0.457. The Balaban J connectivity index is 2.91. The molecule has 0 spiro atoms. The fourth-order valence-electron chi connectivity index (χ4n) is 1.78. The molecule has 0 heterocycles. The highest BCUT2D eigenvalue weighted by Gasteiger charge is 2.31. The highest BCUT2D eigenvalue weighted by atomic mass is 32.2. The van der Waals surface area contributed by atoms with Crippen molar-refractivity contribution in [1.82, 2.24) is 4.72 Å². The summed E-state index contributed by atoms with van der Waals surface area (Å²) in [6.07, 6.45) is -1.04. The number of alkyl halides is 3. The van der Waals surface area contributed by atoms with E-state index in [1.165, 1.54) is 32.1 Å². The number of thioether (sulfide) groups is 1. The molecule has 0 fully saturated rings. The van der Waals surface area contributed by atoms with Crippen LogP contribution in [0.5, 0.6) is 5.75 Å². The minimum atomic E-state index is -4.96. The van der Waals surface area contributed by atoms with Crippen LogP contribution in [0.1, 0.15) is 13.8 Å². The van der Waals surface area contributed by atoms with Crippen LogP contribution in [0.15, 0.2) is 65.2 Å². The number of rotatable bonds is 9. The smallest absolute Gasteiger partial charge is 0.406 e. The van der Waals surface area contributed by atoms with E-state index in [2.05, 4.69) is 16.0 Å². The van der Waals surface area contributed by atoms with Crippen LogP contribution >= 0.6 is 11.8 Å². The number of benzene rings is 1. The lowest BCUT2D eigenvalue weighted by molar-refractivity contribution is -0.274. The third-order valence-electron chi connectivity index (χ3n) is 3.14. The molecule has 11 heteroatoms. The zero-order chi connectivity index (χ0) is 22.2. The first-order valence-corrected chi connectivity index (χ1v) is 10.4. The van der Waals surface area contributed by atoms with Gasteiger partial charge in [0.1, 0.15) is 5.75 Å². The molecule has 0 aliphatic rings. The van der Waals surface area contributed by atoms with Crippen LogP contribution in [0.4, 0.5) is 13.2 Å². The summed E-state index contributed by atoms with van der Waals surface area (Å²) in [6.45, 7) is 6.38. The number of hydrogen-bond acceptors (Lipinski definition) is 6. The average molecular weight is 449 g/mol. The van der Waals surface area contributed by atoms with Crippen molar-refractivity contribution in [3.8, 4) is 5.75 Å². The molecule has 0 aromatic heterocycles. The molecule has 0 unspecified atom stereocenters. The predicted octanol–water partition coefficient (Wildman–Crippen LogP) is 3.73. The van der Waals surface area contributed by atoms with Crippen molar-refractivity contribution in [3.63, 3.8) is 0 Å². The molecule has 0 aliphatic carbocycles. The molecule has 0 amide bonds. The topological polar surface area (TPSA) is 89.5 Å². The summed E-state index contributed by atoms with van der Waals surface area (Å²) in [7, 11) is -4.22. The molecule has 1 aromatic carbocycles. The number of hydrogen-bond donors (Lipinski definition) is 1. The van der Waals surface area contributed by atoms with Crippen molar-refractivity contribution in [2.24, 2.45) is 0 Å². The van der Waals surface area contributed by atoms with Crippen molar-refractivity contribution in [1.29, 1.82) is 0 Å². The number of ether oxygens (including phenoxy) is 1. The van der Waals surface area contributed by atoms with Crippen LogP contribution in [-0.2, 0) is 19.6 Å². The van der Waals surface area contributed by atoms with Crippen LogP contribution in [0.3, 0.4) is 0 Å². The Labute approximate surface area is 170 Å². The summed E-state index contributed by atoms with van der Waals surface area (Å²) in [4.78, 5) is 22.3. The molecule has 0 radical (unpaired) electrons. The second-order valence-corrected chi connectivity index (χ2v) is 8.27. The first kappa shape index (κ1) is 24.5. The van der Waals surface area contributed by atoms with Crippen molar-refractivity contribution < 1.29 is 35.9 Å². The van der Waals surface area contributed by atoms with Gasteiger partial charge in [0.2, 0.25) is 0 Å². The maximum atomic E-state index is 12.4. The standard InChI is InChI=1S/C18H18F3NO5S2/c1-4-14(9-8-12(2)17(24)11-28-13(3)23)22-29(25,26)16-7-5-6-15(10-16)27-18(19,20)21/h4-10,22H,2,11H2,1,3H3/b9-8-,14-4+. The lowest BCUT2D eigenvalue weighted by Gasteiger charge is -2.12. The van der Waals surface area contributed by atoms with Gasteiger partial charge in [-0.05, 0) is 31.2 Å². The van der Waals surface area contributed by atoms with E-state index in [1.54, 1.807) is 0 Å². The summed E-state index contributed by atoms with van der Waals surface area (Å²) in [5.74, 6) is -1.18. The van der Waals surface area contributed by atoms with Gasteiger partial charge in [-0.2, -0.15) is 0 Å². The van der Waals surface area contributed by atoms with Gasteiger partial charge in [0, 0.05) is 24.3 Å². The van der Waals surface area contributed by atoms with Crippen LogP contribution in [0.25, 0.3) is 0 Å². The van der Waals surface area contributed by atoms with Crippen LogP contribution < -0.4 is 9.46 Å². The molecule has 0 saturated carbocycles. The Morgan fingerprint density at radius 1 is 1.28 bits per heavy atom. The maximum Gasteiger partial charge on any atom is 0.573 e. The Morgan fingerprint density at radius 3 is 2.48 bits per heavy atom. The molecule has 0 aliphatic heterocycles. The number of halogens is 3. The minimum Gasteiger partial charge on any atom is -0.406 e. The van der Waals surface area contributed by atoms with Gasteiger partial charge in [0.05, 0.1) is 10.6 Å². The lowest BCUT2D eigenvalue weighted by Crippen LogP contribution is -2.23.